The molecule has 4 heteroatoms. The number of hydrogen-bond acceptors (Lipinski definition) is 3. The zero-order valence-electron chi connectivity index (χ0n) is 10.3. The summed E-state index contributed by atoms with van der Waals surface area (Å²) in [6.45, 7) is 7.07. The van der Waals surface area contributed by atoms with Gasteiger partial charge in [-0.25, -0.2) is 4.79 Å². The van der Waals surface area contributed by atoms with Gasteiger partial charge in [-0.3, -0.25) is 9.69 Å². The van der Waals surface area contributed by atoms with Crippen molar-refractivity contribution < 1.29 is 14.3 Å². The first-order valence-electron chi connectivity index (χ1n) is 5.81. The first-order chi connectivity index (χ1) is 7.29. The van der Waals surface area contributed by atoms with Crippen molar-refractivity contribution in [2.75, 3.05) is 0 Å². The first-order valence-corrected chi connectivity index (χ1v) is 5.81. The van der Waals surface area contributed by atoms with Gasteiger partial charge in [0.25, 0.3) is 0 Å². The first kappa shape index (κ1) is 11.4. The van der Waals surface area contributed by atoms with Crippen molar-refractivity contribution in [3.05, 3.63) is 0 Å². The Kier molecular flexibility index (Phi) is 2.48. The van der Waals surface area contributed by atoms with Gasteiger partial charge in [0.2, 0.25) is 0 Å². The lowest BCUT2D eigenvalue weighted by Crippen LogP contribution is -2.44. The van der Waals surface area contributed by atoms with Crippen LogP contribution in [0, 0.1) is 5.92 Å². The maximum Gasteiger partial charge on any atom is 0.411 e. The Morgan fingerprint density at radius 3 is 2.38 bits per heavy atom. The monoisotopic (exact) mass is 225 g/mol. The molecule has 16 heavy (non-hydrogen) atoms. The molecule has 2 aliphatic rings. The van der Waals surface area contributed by atoms with Crippen LogP contribution in [0.2, 0.25) is 0 Å². The van der Waals surface area contributed by atoms with Crippen LogP contribution >= 0.6 is 0 Å². The van der Waals surface area contributed by atoms with Crippen molar-refractivity contribution in [1.82, 2.24) is 4.90 Å². The number of ketones is 1. The van der Waals surface area contributed by atoms with Crippen molar-refractivity contribution in [2.45, 2.75) is 58.2 Å². The summed E-state index contributed by atoms with van der Waals surface area (Å²) in [6, 6.07) is 0.00218. The lowest BCUT2D eigenvalue weighted by molar-refractivity contribution is -0.121. The molecule has 90 valence electrons. The van der Waals surface area contributed by atoms with Crippen molar-refractivity contribution in [3.8, 4) is 0 Å². The third-order valence-corrected chi connectivity index (χ3v) is 3.18. The minimum absolute atomic E-state index is 0.0676. The predicted molar refractivity (Wildman–Crippen MR) is 59.1 cm³/mol. The third-order valence-electron chi connectivity index (χ3n) is 3.18. The Morgan fingerprint density at radius 1 is 1.25 bits per heavy atom. The molecular weight excluding hydrogens is 206 g/mol. The van der Waals surface area contributed by atoms with Crippen molar-refractivity contribution in [3.63, 3.8) is 0 Å². The molecule has 4 nitrogen and oxygen atoms in total. The largest absolute Gasteiger partial charge is 0.444 e. The van der Waals surface area contributed by atoms with E-state index >= 15 is 0 Å². The molecule has 0 aromatic carbocycles. The van der Waals surface area contributed by atoms with Gasteiger partial charge in [0.15, 0.2) is 5.78 Å². The maximum atomic E-state index is 12.0. The summed E-state index contributed by atoms with van der Waals surface area (Å²) in [5.74, 6) is 0.597. The van der Waals surface area contributed by atoms with E-state index in [0.29, 0.717) is 5.92 Å². The number of Topliss-reactive ketones (excluding diaryl/α,β-unsaturated/α-hetero) is 1. The van der Waals surface area contributed by atoms with Gasteiger partial charge in [0, 0.05) is 6.04 Å². The number of nitrogens with zero attached hydrogens (tertiary/aromatic N) is 1. The number of likely N-dealkylation sites (tertiary alicyclic amines) is 1. The Bertz CT molecular complexity index is 332. The quantitative estimate of drug-likeness (QED) is 0.685. The van der Waals surface area contributed by atoms with Crippen LogP contribution in [0.4, 0.5) is 4.79 Å². The van der Waals surface area contributed by atoms with E-state index in [4.69, 9.17) is 4.74 Å². The summed E-state index contributed by atoms with van der Waals surface area (Å²) in [4.78, 5) is 25.1. The Hall–Kier alpha value is -1.06. The second-order valence-electron chi connectivity index (χ2n) is 5.81. The van der Waals surface area contributed by atoms with Gasteiger partial charge in [-0.15, -0.1) is 0 Å². The summed E-state index contributed by atoms with van der Waals surface area (Å²) >= 11 is 0. The lowest BCUT2D eigenvalue weighted by atomic mass is 10.1. The summed E-state index contributed by atoms with van der Waals surface area (Å²) in [7, 11) is 0. The van der Waals surface area contributed by atoms with Crippen LogP contribution in [0.3, 0.4) is 0 Å². The second kappa shape index (κ2) is 3.47. The predicted octanol–water partition coefficient (Wildman–Crippen LogP) is 1.97. The minimum Gasteiger partial charge on any atom is -0.444 e. The molecule has 1 amide bonds. The van der Waals surface area contributed by atoms with Crippen LogP contribution in [0.1, 0.15) is 40.5 Å². The van der Waals surface area contributed by atoms with Crippen LogP contribution in [0.25, 0.3) is 0 Å². The second-order valence-corrected chi connectivity index (χ2v) is 5.81. The highest BCUT2D eigenvalue weighted by atomic mass is 16.6. The highest BCUT2D eigenvalue weighted by molar-refractivity contribution is 5.86. The van der Waals surface area contributed by atoms with Gasteiger partial charge in [-0.05, 0) is 46.5 Å². The van der Waals surface area contributed by atoms with Crippen molar-refractivity contribution in [1.29, 1.82) is 0 Å². The number of amides is 1. The average Bonchev–Trinajstić information content (AvgIpc) is 2.73. The standard InChI is InChI=1S/C12H19NO3/c1-7(14)9-5-8-6-10(8)13(9)11(15)16-12(2,3)4/h8-10H,5-6H2,1-4H3/t8-,9+,10+/m0/s1. The molecule has 0 N–H and O–H groups in total. The summed E-state index contributed by atoms with van der Waals surface area (Å²) in [6.07, 6.45) is 1.51. The number of ether oxygens (including phenoxy) is 1. The lowest BCUT2D eigenvalue weighted by Gasteiger charge is -2.29. The Labute approximate surface area is 95.9 Å². The van der Waals surface area contributed by atoms with Gasteiger partial charge in [0.05, 0.1) is 6.04 Å². The van der Waals surface area contributed by atoms with Gasteiger partial charge < -0.3 is 4.74 Å². The number of hydrogen-bond donors (Lipinski definition) is 0. The Balaban J connectivity index is 2.07. The fourth-order valence-corrected chi connectivity index (χ4v) is 2.40. The van der Waals surface area contributed by atoms with Crippen LogP contribution < -0.4 is 0 Å². The number of rotatable bonds is 1. The molecule has 1 saturated carbocycles. The van der Waals surface area contributed by atoms with Crippen LogP contribution in [-0.4, -0.2) is 34.5 Å². The van der Waals surface area contributed by atoms with Gasteiger partial charge in [-0.1, -0.05) is 0 Å². The molecule has 2 fully saturated rings. The van der Waals surface area contributed by atoms with Gasteiger partial charge in [-0.2, -0.15) is 0 Å². The van der Waals surface area contributed by atoms with Gasteiger partial charge >= 0.3 is 6.09 Å². The zero-order valence-corrected chi connectivity index (χ0v) is 10.3. The molecule has 2 rings (SSSR count). The van der Waals surface area contributed by atoms with Crippen molar-refractivity contribution in [2.24, 2.45) is 5.92 Å². The summed E-state index contributed by atoms with van der Waals surface area (Å²) < 4.78 is 5.33. The fraction of sp³-hybridized carbons (Fsp3) is 0.833. The molecule has 1 heterocycles. The molecular formula is C12H19NO3. The summed E-state index contributed by atoms with van der Waals surface area (Å²) in [5, 5.41) is 0. The van der Waals surface area contributed by atoms with E-state index in [1.54, 1.807) is 11.8 Å². The van der Waals surface area contributed by atoms with Crippen LogP contribution in [-0.2, 0) is 9.53 Å². The number of fused-ring (bicyclic) bond motifs is 1. The van der Waals surface area contributed by atoms with E-state index in [9.17, 15) is 9.59 Å². The Morgan fingerprint density at radius 2 is 1.88 bits per heavy atom. The molecule has 0 radical (unpaired) electrons. The number of carbonyl (C=O) groups excluding carboxylic acids is 2. The maximum absolute atomic E-state index is 12.0. The van der Waals surface area contributed by atoms with Gasteiger partial charge in [0.1, 0.15) is 5.60 Å². The minimum atomic E-state index is -0.495. The SMILES string of the molecule is CC(=O)[C@H]1C[C@H]2C[C@H]2N1C(=O)OC(C)(C)C. The highest BCUT2D eigenvalue weighted by Crippen LogP contribution is 2.48. The fourth-order valence-electron chi connectivity index (χ4n) is 2.40. The van der Waals surface area contributed by atoms with Crippen LogP contribution in [0.5, 0.6) is 0 Å². The van der Waals surface area contributed by atoms with Crippen molar-refractivity contribution >= 4 is 11.9 Å². The number of carbonyl (C=O) groups is 2. The van der Waals surface area contributed by atoms with E-state index in [-0.39, 0.29) is 24.0 Å². The third kappa shape index (κ3) is 2.06. The van der Waals surface area contributed by atoms with E-state index in [2.05, 4.69) is 0 Å². The van der Waals surface area contributed by atoms with E-state index < -0.39 is 5.60 Å². The zero-order chi connectivity index (χ0) is 12.1. The smallest absolute Gasteiger partial charge is 0.411 e. The molecule has 0 bridgehead atoms. The molecule has 3 atom stereocenters. The molecule has 1 saturated heterocycles. The molecule has 0 aromatic rings. The van der Waals surface area contributed by atoms with E-state index in [1.807, 2.05) is 20.8 Å². The van der Waals surface area contributed by atoms with E-state index in [0.717, 1.165) is 12.8 Å². The molecule has 1 aliphatic carbocycles. The van der Waals surface area contributed by atoms with E-state index in [1.165, 1.54) is 0 Å². The topological polar surface area (TPSA) is 46.6 Å². The normalized spacial score (nSPS) is 32.2. The number of piperidine rings is 1. The highest BCUT2D eigenvalue weighted by Gasteiger charge is 2.56. The molecule has 0 aromatic heterocycles. The molecule has 1 aliphatic heterocycles. The van der Waals surface area contributed by atoms with Crippen LogP contribution in [0.15, 0.2) is 0 Å². The summed E-state index contributed by atoms with van der Waals surface area (Å²) in [5.41, 5.74) is -0.495. The molecule has 0 unspecified atom stereocenters. The molecule has 0 spiro atoms. The average molecular weight is 225 g/mol.